The third-order valence-corrected chi connectivity index (χ3v) is 5.29. The van der Waals surface area contributed by atoms with E-state index < -0.39 is 28.9 Å². The van der Waals surface area contributed by atoms with Crippen LogP contribution in [0.25, 0.3) is 11.0 Å². The number of hydrogen-bond donors (Lipinski definition) is 3. The van der Waals surface area contributed by atoms with Crippen LogP contribution in [0.5, 0.6) is 0 Å². The van der Waals surface area contributed by atoms with E-state index >= 15 is 0 Å². The van der Waals surface area contributed by atoms with E-state index in [9.17, 15) is 19.5 Å². The minimum absolute atomic E-state index is 0.159. The molecule has 144 valence electrons. The van der Waals surface area contributed by atoms with Gasteiger partial charge in [0.2, 0.25) is 5.76 Å². The summed E-state index contributed by atoms with van der Waals surface area (Å²) in [6.07, 6.45) is -0.188. The highest BCUT2D eigenvalue weighted by molar-refractivity contribution is 6.12. The van der Waals surface area contributed by atoms with Gasteiger partial charge in [-0.2, -0.15) is 0 Å². The van der Waals surface area contributed by atoms with Gasteiger partial charge in [0.15, 0.2) is 0 Å². The minimum atomic E-state index is -1.27. The van der Waals surface area contributed by atoms with E-state index in [4.69, 9.17) is 10.2 Å². The fraction of sp³-hybridized carbons (Fsp3) is 0.421. The number of benzene rings is 1. The van der Waals surface area contributed by atoms with Crippen LogP contribution in [0.2, 0.25) is 0 Å². The van der Waals surface area contributed by atoms with Gasteiger partial charge in [-0.05, 0) is 30.4 Å². The molecule has 2 heterocycles. The Balaban J connectivity index is 2.11. The molecule has 0 saturated carbocycles. The molecule has 0 bridgehead atoms. The molecule has 1 aromatic heterocycles. The average Bonchev–Trinajstić information content (AvgIpc) is 3.17. The van der Waals surface area contributed by atoms with Gasteiger partial charge in [0.1, 0.15) is 16.8 Å². The Hall–Kier alpha value is -3.03. The van der Waals surface area contributed by atoms with Crippen LogP contribution in [-0.4, -0.2) is 40.0 Å². The third kappa shape index (κ3) is 2.81. The average molecular weight is 373 g/mol. The minimum Gasteiger partial charge on any atom is -0.465 e. The van der Waals surface area contributed by atoms with E-state index in [0.29, 0.717) is 23.8 Å². The molecule has 1 fully saturated rings. The van der Waals surface area contributed by atoms with Crippen molar-refractivity contribution >= 4 is 34.6 Å². The third-order valence-electron chi connectivity index (χ3n) is 5.29. The van der Waals surface area contributed by atoms with Gasteiger partial charge in [0.25, 0.3) is 11.8 Å². The Labute approximate surface area is 156 Å². The van der Waals surface area contributed by atoms with E-state index in [1.165, 1.54) is 4.90 Å². The quantitative estimate of drug-likeness (QED) is 0.762. The maximum absolute atomic E-state index is 13.4. The molecule has 1 aliphatic heterocycles. The Morgan fingerprint density at radius 2 is 1.93 bits per heavy atom. The number of amides is 3. The topological polar surface area (TPSA) is 126 Å². The number of anilines is 1. The van der Waals surface area contributed by atoms with Crippen molar-refractivity contribution in [2.24, 2.45) is 11.1 Å². The van der Waals surface area contributed by atoms with Gasteiger partial charge in [-0.1, -0.05) is 32.9 Å². The number of para-hydroxylation sites is 1. The maximum atomic E-state index is 13.4. The number of furan rings is 1. The summed E-state index contributed by atoms with van der Waals surface area (Å²) < 4.78 is 5.50. The monoisotopic (exact) mass is 373 g/mol. The Morgan fingerprint density at radius 1 is 1.26 bits per heavy atom. The largest absolute Gasteiger partial charge is 0.465 e. The molecule has 27 heavy (non-hydrogen) atoms. The maximum Gasteiger partial charge on any atom is 0.408 e. The summed E-state index contributed by atoms with van der Waals surface area (Å²) in [5.41, 5.74) is 4.05. The Kier molecular flexibility index (Phi) is 4.37. The second-order valence-electron chi connectivity index (χ2n) is 7.77. The first-order valence-electron chi connectivity index (χ1n) is 8.73. The van der Waals surface area contributed by atoms with Gasteiger partial charge in [-0.3, -0.25) is 14.5 Å². The van der Waals surface area contributed by atoms with Crippen LogP contribution in [0.15, 0.2) is 28.7 Å². The number of carboxylic acid groups (broad SMARTS) is 1. The lowest BCUT2D eigenvalue weighted by Gasteiger charge is -2.45. The zero-order valence-electron chi connectivity index (χ0n) is 15.5. The molecule has 1 aliphatic rings. The lowest BCUT2D eigenvalue weighted by molar-refractivity contribution is -0.131. The van der Waals surface area contributed by atoms with Crippen molar-refractivity contribution in [3.05, 3.63) is 30.0 Å². The van der Waals surface area contributed by atoms with Gasteiger partial charge in [0, 0.05) is 11.9 Å². The fourth-order valence-electron chi connectivity index (χ4n) is 3.99. The van der Waals surface area contributed by atoms with Crippen molar-refractivity contribution in [2.45, 2.75) is 39.2 Å². The van der Waals surface area contributed by atoms with E-state index in [1.807, 2.05) is 20.8 Å². The zero-order chi connectivity index (χ0) is 20.0. The second kappa shape index (κ2) is 6.29. The van der Waals surface area contributed by atoms with Crippen LogP contribution >= 0.6 is 0 Å². The predicted octanol–water partition coefficient (Wildman–Crippen LogP) is 3.03. The number of primary amides is 1. The second-order valence-corrected chi connectivity index (χ2v) is 7.77. The van der Waals surface area contributed by atoms with Crippen molar-refractivity contribution < 1.29 is 23.9 Å². The SMILES string of the molecule is CC(C)(C)C1(C(=O)Nc2c(C(N)=O)oc3ccccc23)CCCN1C(=O)O. The molecule has 0 radical (unpaired) electrons. The molecular weight excluding hydrogens is 350 g/mol. The molecular formula is C19H23N3O5. The van der Waals surface area contributed by atoms with Gasteiger partial charge in [-0.25, -0.2) is 4.79 Å². The summed E-state index contributed by atoms with van der Waals surface area (Å²) in [6, 6.07) is 6.85. The van der Waals surface area contributed by atoms with Gasteiger partial charge >= 0.3 is 6.09 Å². The number of nitrogens with zero attached hydrogens (tertiary/aromatic N) is 1. The van der Waals surface area contributed by atoms with Crippen molar-refractivity contribution in [1.82, 2.24) is 4.90 Å². The molecule has 2 aromatic rings. The summed E-state index contributed by atoms with van der Waals surface area (Å²) in [5, 5.41) is 12.9. The van der Waals surface area contributed by atoms with Crippen LogP contribution in [0, 0.1) is 5.41 Å². The molecule has 1 atom stereocenters. The number of nitrogens with one attached hydrogen (secondary N) is 1. The van der Waals surface area contributed by atoms with Crippen LogP contribution in [-0.2, 0) is 4.79 Å². The molecule has 1 saturated heterocycles. The van der Waals surface area contributed by atoms with Crippen molar-refractivity contribution in [1.29, 1.82) is 0 Å². The van der Waals surface area contributed by atoms with Gasteiger partial charge < -0.3 is 20.6 Å². The number of carbonyl (C=O) groups excluding carboxylic acids is 2. The molecule has 4 N–H and O–H groups in total. The van der Waals surface area contributed by atoms with Gasteiger partial charge in [-0.15, -0.1) is 0 Å². The fourth-order valence-corrected chi connectivity index (χ4v) is 3.99. The number of fused-ring (bicyclic) bond motifs is 1. The number of hydrogen-bond acceptors (Lipinski definition) is 4. The molecule has 8 nitrogen and oxygen atoms in total. The number of carbonyl (C=O) groups is 3. The summed E-state index contributed by atoms with van der Waals surface area (Å²) in [7, 11) is 0. The molecule has 3 rings (SSSR count). The molecule has 0 aliphatic carbocycles. The summed E-state index contributed by atoms with van der Waals surface area (Å²) in [5.74, 6) is -1.47. The number of likely N-dealkylation sites (tertiary alicyclic amines) is 1. The Bertz CT molecular complexity index is 927. The van der Waals surface area contributed by atoms with E-state index in [2.05, 4.69) is 5.32 Å². The van der Waals surface area contributed by atoms with Crippen LogP contribution in [0.1, 0.15) is 44.2 Å². The number of nitrogens with two attached hydrogens (primary N) is 1. The highest BCUT2D eigenvalue weighted by Gasteiger charge is 2.57. The van der Waals surface area contributed by atoms with Crippen molar-refractivity contribution in [3.63, 3.8) is 0 Å². The van der Waals surface area contributed by atoms with Crippen molar-refractivity contribution in [2.75, 3.05) is 11.9 Å². The molecule has 1 aromatic carbocycles. The lowest BCUT2D eigenvalue weighted by Crippen LogP contribution is -2.62. The smallest absolute Gasteiger partial charge is 0.408 e. The predicted molar refractivity (Wildman–Crippen MR) is 99.5 cm³/mol. The normalized spacial score (nSPS) is 20.0. The summed E-state index contributed by atoms with van der Waals surface area (Å²) in [4.78, 5) is 38.2. The molecule has 3 amide bonds. The first-order chi connectivity index (χ1) is 12.6. The first kappa shape index (κ1) is 18.8. The lowest BCUT2D eigenvalue weighted by atomic mass is 9.71. The van der Waals surface area contributed by atoms with Crippen LogP contribution < -0.4 is 11.1 Å². The van der Waals surface area contributed by atoms with E-state index in [0.717, 1.165) is 0 Å². The van der Waals surface area contributed by atoms with E-state index in [1.54, 1.807) is 24.3 Å². The number of rotatable bonds is 3. The summed E-state index contributed by atoms with van der Waals surface area (Å²) in [6.45, 7) is 5.76. The van der Waals surface area contributed by atoms with Crippen LogP contribution in [0.4, 0.5) is 10.5 Å². The zero-order valence-corrected chi connectivity index (χ0v) is 15.5. The molecule has 8 heteroatoms. The molecule has 0 spiro atoms. The van der Waals surface area contributed by atoms with Crippen LogP contribution in [0.3, 0.4) is 0 Å². The van der Waals surface area contributed by atoms with E-state index in [-0.39, 0.29) is 18.0 Å². The van der Waals surface area contributed by atoms with Gasteiger partial charge in [0.05, 0.1) is 0 Å². The Morgan fingerprint density at radius 3 is 2.52 bits per heavy atom. The van der Waals surface area contributed by atoms with Crippen molar-refractivity contribution in [3.8, 4) is 0 Å². The standard InChI is InChI=1S/C19H23N3O5/c1-18(2,3)19(9-6-10-22(19)17(25)26)16(24)21-13-11-7-4-5-8-12(11)27-14(13)15(20)23/h4-5,7-8H,6,9-10H2,1-3H3,(H2,20,23)(H,21,24)(H,25,26). The highest BCUT2D eigenvalue weighted by Crippen LogP contribution is 2.45. The molecule has 1 unspecified atom stereocenters. The summed E-state index contributed by atoms with van der Waals surface area (Å²) >= 11 is 0. The highest BCUT2D eigenvalue weighted by atomic mass is 16.4. The first-order valence-corrected chi connectivity index (χ1v) is 8.73.